The molecule has 2 heterocycles. The number of amidine groups is 1. The van der Waals surface area contributed by atoms with Crippen LogP contribution in [0.4, 0.5) is 10.5 Å². The quantitative estimate of drug-likeness (QED) is 0.749. The number of hydrogen-bond acceptors (Lipinski definition) is 6. The number of amides is 2. The predicted octanol–water partition coefficient (Wildman–Crippen LogP) is 2.43. The van der Waals surface area contributed by atoms with Gasteiger partial charge >= 0.3 is 6.09 Å². The van der Waals surface area contributed by atoms with Crippen molar-refractivity contribution in [2.75, 3.05) is 23.0 Å². The summed E-state index contributed by atoms with van der Waals surface area (Å²) in [5.41, 5.74) is 2.23. The molecule has 1 N–H and O–H groups in total. The standard InChI is InChI=1S/C20H27N3O5S2/c1-12-6-13(2)8-14(7-12)23-15-10-30(26,27)11-16(15)29-18(23)22-17(24)9-21-19(25)28-20(3,4)5/h6-8,15-16H,9-11H2,1-5H3,(H,21,25)/t15-,16-/m1/s1. The van der Waals surface area contributed by atoms with Crippen molar-refractivity contribution in [1.29, 1.82) is 0 Å². The number of benzene rings is 1. The molecular formula is C20H27N3O5S2. The largest absolute Gasteiger partial charge is 0.444 e. The zero-order chi connectivity index (χ0) is 22.3. The lowest BCUT2D eigenvalue weighted by Gasteiger charge is -2.25. The van der Waals surface area contributed by atoms with E-state index in [1.807, 2.05) is 36.9 Å². The van der Waals surface area contributed by atoms with E-state index in [0.29, 0.717) is 5.17 Å². The SMILES string of the molecule is Cc1cc(C)cc(N2C(=NC(=O)CNC(=O)OC(C)(C)C)S[C@@H]3CS(=O)(=O)C[C@H]32)c1. The van der Waals surface area contributed by atoms with Crippen molar-refractivity contribution in [2.24, 2.45) is 4.99 Å². The first-order chi connectivity index (χ1) is 13.8. The van der Waals surface area contributed by atoms with Crippen molar-refractivity contribution < 1.29 is 22.7 Å². The van der Waals surface area contributed by atoms with Gasteiger partial charge in [-0.1, -0.05) is 17.8 Å². The fourth-order valence-corrected chi connectivity index (χ4v) is 7.50. The number of aliphatic imine (C=N–C) groups is 1. The van der Waals surface area contributed by atoms with Crippen molar-refractivity contribution in [1.82, 2.24) is 5.32 Å². The van der Waals surface area contributed by atoms with Gasteiger partial charge in [0, 0.05) is 10.9 Å². The minimum Gasteiger partial charge on any atom is -0.444 e. The first-order valence-corrected chi connectivity index (χ1v) is 12.4. The number of rotatable bonds is 3. The molecule has 0 aromatic heterocycles. The second kappa shape index (κ2) is 8.22. The van der Waals surface area contributed by atoms with Gasteiger partial charge in [0.15, 0.2) is 15.0 Å². The smallest absolute Gasteiger partial charge is 0.408 e. The van der Waals surface area contributed by atoms with Crippen LogP contribution < -0.4 is 10.2 Å². The number of aryl methyl sites for hydroxylation is 2. The first kappa shape index (κ1) is 22.6. The molecular weight excluding hydrogens is 426 g/mol. The fraction of sp³-hybridized carbons (Fsp3) is 0.550. The molecule has 1 aromatic rings. The zero-order valence-electron chi connectivity index (χ0n) is 17.8. The number of hydrogen-bond donors (Lipinski definition) is 1. The Morgan fingerprint density at radius 1 is 1.20 bits per heavy atom. The van der Waals surface area contributed by atoms with Crippen LogP contribution in [-0.2, 0) is 19.4 Å². The van der Waals surface area contributed by atoms with Gasteiger partial charge in [-0.05, 0) is 57.9 Å². The Morgan fingerprint density at radius 2 is 1.83 bits per heavy atom. The van der Waals surface area contributed by atoms with Crippen molar-refractivity contribution >= 4 is 44.5 Å². The van der Waals surface area contributed by atoms with E-state index < -0.39 is 27.4 Å². The number of alkyl carbamates (subject to hydrolysis) is 1. The molecule has 2 saturated heterocycles. The summed E-state index contributed by atoms with van der Waals surface area (Å²) in [7, 11) is -3.13. The van der Waals surface area contributed by atoms with E-state index in [2.05, 4.69) is 10.3 Å². The number of carbonyl (C=O) groups is 2. The second-order valence-electron chi connectivity index (χ2n) is 8.66. The number of fused-ring (bicyclic) bond motifs is 1. The molecule has 2 fully saturated rings. The number of thioether (sulfide) groups is 1. The highest BCUT2D eigenvalue weighted by Gasteiger charge is 2.49. The minimum atomic E-state index is -3.13. The highest BCUT2D eigenvalue weighted by atomic mass is 32.2. The van der Waals surface area contributed by atoms with Crippen molar-refractivity contribution in [3.8, 4) is 0 Å². The molecule has 2 aliphatic rings. The second-order valence-corrected chi connectivity index (χ2v) is 12.0. The van der Waals surface area contributed by atoms with Gasteiger partial charge in [0.05, 0.1) is 17.5 Å². The third-order valence-electron chi connectivity index (χ3n) is 4.55. The summed E-state index contributed by atoms with van der Waals surface area (Å²) in [5, 5.41) is 2.69. The molecule has 2 aliphatic heterocycles. The molecule has 0 bridgehead atoms. The van der Waals surface area contributed by atoms with Crippen LogP contribution in [0.5, 0.6) is 0 Å². The molecule has 0 saturated carbocycles. The molecule has 1 aromatic carbocycles. The minimum absolute atomic E-state index is 0.0288. The molecule has 2 amide bonds. The lowest BCUT2D eigenvalue weighted by Crippen LogP contribution is -2.38. The third-order valence-corrected chi connectivity index (χ3v) is 7.76. The normalized spacial score (nSPS) is 24.0. The fourth-order valence-electron chi connectivity index (χ4n) is 3.56. The maximum atomic E-state index is 12.4. The van der Waals surface area contributed by atoms with Crippen LogP contribution in [0, 0.1) is 13.8 Å². The highest BCUT2D eigenvalue weighted by molar-refractivity contribution is 8.16. The molecule has 0 unspecified atom stereocenters. The van der Waals surface area contributed by atoms with Crippen LogP contribution in [0.1, 0.15) is 31.9 Å². The van der Waals surface area contributed by atoms with Gasteiger partial charge in [-0.2, -0.15) is 4.99 Å². The predicted molar refractivity (Wildman–Crippen MR) is 119 cm³/mol. The van der Waals surface area contributed by atoms with Crippen molar-refractivity contribution in [3.63, 3.8) is 0 Å². The molecule has 3 rings (SSSR count). The zero-order valence-corrected chi connectivity index (χ0v) is 19.4. The Bertz CT molecular complexity index is 978. The monoisotopic (exact) mass is 453 g/mol. The summed E-state index contributed by atoms with van der Waals surface area (Å²) in [6, 6.07) is 5.67. The molecule has 2 atom stereocenters. The summed E-state index contributed by atoms with van der Waals surface area (Å²) in [6.45, 7) is 8.84. The average Bonchev–Trinajstić information content (AvgIpc) is 3.01. The van der Waals surface area contributed by atoms with Crippen LogP contribution in [0.2, 0.25) is 0 Å². The molecule has 164 valence electrons. The van der Waals surface area contributed by atoms with Gasteiger partial charge < -0.3 is 15.0 Å². The first-order valence-electron chi connectivity index (χ1n) is 9.66. The van der Waals surface area contributed by atoms with E-state index in [1.54, 1.807) is 20.8 Å². The van der Waals surface area contributed by atoms with E-state index in [9.17, 15) is 18.0 Å². The average molecular weight is 454 g/mol. The Balaban J connectivity index is 1.82. The van der Waals surface area contributed by atoms with E-state index in [4.69, 9.17) is 4.74 Å². The highest BCUT2D eigenvalue weighted by Crippen LogP contribution is 2.41. The van der Waals surface area contributed by atoms with E-state index in [-0.39, 0.29) is 29.3 Å². The number of ether oxygens (including phenoxy) is 1. The van der Waals surface area contributed by atoms with Crippen LogP contribution in [-0.4, -0.2) is 60.5 Å². The number of sulfone groups is 1. The Hall–Kier alpha value is -2.07. The van der Waals surface area contributed by atoms with Gasteiger partial charge in [0.2, 0.25) is 0 Å². The molecule has 0 radical (unpaired) electrons. The topological polar surface area (TPSA) is 105 Å². The van der Waals surface area contributed by atoms with Crippen LogP contribution >= 0.6 is 11.8 Å². The number of carbonyl (C=O) groups excluding carboxylic acids is 2. The molecule has 0 spiro atoms. The number of anilines is 1. The summed E-state index contributed by atoms with van der Waals surface area (Å²) in [5.74, 6) is -0.436. The van der Waals surface area contributed by atoms with Gasteiger partial charge in [0.25, 0.3) is 5.91 Å². The van der Waals surface area contributed by atoms with Gasteiger partial charge in [0.1, 0.15) is 12.1 Å². The van der Waals surface area contributed by atoms with Crippen LogP contribution in [0.25, 0.3) is 0 Å². The molecule has 10 heteroatoms. The number of nitrogens with zero attached hydrogens (tertiary/aromatic N) is 2. The summed E-state index contributed by atoms with van der Waals surface area (Å²) in [4.78, 5) is 30.2. The number of nitrogens with one attached hydrogen (secondary N) is 1. The lowest BCUT2D eigenvalue weighted by molar-refractivity contribution is -0.117. The van der Waals surface area contributed by atoms with Gasteiger partial charge in [-0.25, -0.2) is 13.2 Å². The third kappa shape index (κ3) is 5.54. The maximum absolute atomic E-state index is 12.4. The Kier molecular flexibility index (Phi) is 6.20. The van der Waals surface area contributed by atoms with Gasteiger partial charge in [-0.3, -0.25) is 4.79 Å². The van der Waals surface area contributed by atoms with Gasteiger partial charge in [-0.15, -0.1) is 0 Å². The Labute approximate surface area is 181 Å². The summed E-state index contributed by atoms with van der Waals surface area (Å²) < 4.78 is 29.5. The molecule has 8 nitrogen and oxygen atoms in total. The lowest BCUT2D eigenvalue weighted by atomic mass is 10.1. The Morgan fingerprint density at radius 3 is 2.43 bits per heavy atom. The molecule has 30 heavy (non-hydrogen) atoms. The van der Waals surface area contributed by atoms with Crippen molar-refractivity contribution in [3.05, 3.63) is 29.3 Å². The van der Waals surface area contributed by atoms with Crippen LogP contribution in [0.3, 0.4) is 0 Å². The van der Waals surface area contributed by atoms with E-state index >= 15 is 0 Å². The molecule has 0 aliphatic carbocycles. The van der Waals surface area contributed by atoms with Crippen LogP contribution in [0.15, 0.2) is 23.2 Å². The van der Waals surface area contributed by atoms with E-state index in [1.165, 1.54) is 11.8 Å². The summed E-state index contributed by atoms with van der Waals surface area (Å²) in [6.07, 6.45) is -0.691. The summed E-state index contributed by atoms with van der Waals surface area (Å²) >= 11 is 1.30. The van der Waals surface area contributed by atoms with E-state index in [0.717, 1.165) is 16.8 Å². The van der Waals surface area contributed by atoms with Crippen molar-refractivity contribution in [2.45, 2.75) is 51.5 Å². The maximum Gasteiger partial charge on any atom is 0.408 e.